The minimum atomic E-state index is -4.38. The van der Waals surface area contributed by atoms with Crippen molar-refractivity contribution in [3.8, 4) is 5.82 Å². The lowest BCUT2D eigenvalue weighted by Crippen LogP contribution is -2.08. The smallest absolute Gasteiger partial charge is 0.236 e. The maximum Gasteiger partial charge on any atom is 0.417 e. The molecule has 0 aliphatic heterocycles. The quantitative estimate of drug-likeness (QED) is 0.787. The van der Waals surface area contributed by atoms with Gasteiger partial charge in [-0.25, -0.2) is 9.67 Å². The van der Waals surface area contributed by atoms with Crippen LogP contribution in [0, 0.1) is 6.92 Å². The van der Waals surface area contributed by atoms with Crippen LogP contribution in [0.2, 0.25) is 0 Å². The second-order valence-corrected chi connectivity index (χ2v) is 3.97. The maximum atomic E-state index is 12.4. The van der Waals surface area contributed by atoms with Crippen LogP contribution in [-0.4, -0.2) is 14.8 Å². The number of hydrogen-bond acceptors (Lipinski definition) is 2. The van der Waals surface area contributed by atoms with Crippen molar-refractivity contribution in [2.45, 2.75) is 19.0 Å². The average molecular weight is 276 g/mol. The van der Waals surface area contributed by atoms with E-state index in [2.05, 4.69) is 10.1 Å². The normalized spacial score (nSPS) is 11.8. The molecule has 2 aromatic rings. The van der Waals surface area contributed by atoms with E-state index in [0.717, 1.165) is 23.5 Å². The Morgan fingerprint density at radius 2 is 2.00 bits per heavy atom. The van der Waals surface area contributed by atoms with E-state index in [-0.39, 0.29) is 0 Å². The SMILES string of the molecule is Cc1c(CCl)cnn1-c1ccc(C(F)(F)F)cn1. The van der Waals surface area contributed by atoms with Crippen LogP contribution in [0.15, 0.2) is 24.5 Å². The molecule has 2 heterocycles. The summed E-state index contributed by atoms with van der Waals surface area (Å²) in [7, 11) is 0. The first kappa shape index (κ1) is 12.9. The Kier molecular flexibility index (Phi) is 3.30. The molecule has 0 aliphatic rings. The topological polar surface area (TPSA) is 30.7 Å². The highest BCUT2D eigenvalue weighted by atomic mass is 35.5. The predicted octanol–water partition coefficient (Wildman–Crippen LogP) is 3.33. The zero-order chi connectivity index (χ0) is 13.3. The van der Waals surface area contributed by atoms with Crippen LogP contribution in [0.4, 0.5) is 13.2 Å². The van der Waals surface area contributed by atoms with Crippen molar-refractivity contribution in [2.75, 3.05) is 0 Å². The summed E-state index contributed by atoms with van der Waals surface area (Å²) < 4.78 is 38.6. The highest BCUT2D eigenvalue weighted by molar-refractivity contribution is 6.17. The fourth-order valence-corrected chi connectivity index (χ4v) is 1.75. The van der Waals surface area contributed by atoms with Crippen molar-refractivity contribution in [1.82, 2.24) is 14.8 Å². The molecule has 18 heavy (non-hydrogen) atoms. The van der Waals surface area contributed by atoms with E-state index < -0.39 is 11.7 Å². The summed E-state index contributed by atoms with van der Waals surface area (Å²) in [5, 5.41) is 4.04. The van der Waals surface area contributed by atoms with Crippen molar-refractivity contribution in [3.63, 3.8) is 0 Å². The number of rotatable bonds is 2. The molecule has 0 atom stereocenters. The van der Waals surface area contributed by atoms with Gasteiger partial charge in [0.15, 0.2) is 5.82 Å². The number of halogens is 4. The number of aromatic nitrogens is 3. The molecular formula is C11H9ClF3N3. The highest BCUT2D eigenvalue weighted by Gasteiger charge is 2.30. The molecule has 0 fully saturated rings. The van der Waals surface area contributed by atoms with Crippen molar-refractivity contribution >= 4 is 11.6 Å². The summed E-state index contributed by atoms with van der Waals surface area (Å²) >= 11 is 5.70. The molecule has 0 saturated carbocycles. The molecule has 2 aromatic heterocycles. The Labute approximate surface area is 106 Å². The van der Waals surface area contributed by atoms with Gasteiger partial charge >= 0.3 is 6.18 Å². The minimum Gasteiger partial charge on any atom is -0.236 e. The molecule has 0 aromatic carbocycles. The first-order valence-electron chi connectivity index (χ1n) is 5.06. The molecule has 0 aliphatic carbocycles. The lowest BCUT2D eigenvalue weighted by Gasteiger charge is -2.08. The third-order valence-electron chi connectivity index (χ3n) is 2.55. The standard InChI is InChI=1S/C11H9ClF3N3/c1-7-8(4-12)5-17-18(7)10-3-2-9(6-16-10)11(13,14)15/h2-3,5-6H,4H2,1H3. The summed E-state index contributed by atoms with van der Waals surface area (Å²) in [6.45, 7) is 1.78. The van der Waals surface area contributed by atoms with Gasteiger partial charge in [-0.3, -0.25) is 0 Å². The summed E-state index contributed by atoms with van der Waals surface area (Å²) in [5.74, 6) is 0.629. The molecule has 0 bridgehead atoms. The summed E-state index contributed by atoms with van der Waals surface area (Å²) in [4.78, 5) is 3.76. The molecule has 7 heteroatoms. The van der Waals surface area contributed by atoms with Gasteiger partial charge in [0.1, 0.15) is 0 Å². The summed E-state index contributed by atoms with van der Waals surface area (Å²) in [6.07, 6.45) is -2.02. The molecule has 0 amide bonds. The fraction of sp³-hybridized carbons (Fsp3) is 0.273. The first-order valence-corrected chi connectivity index (χ1v) is 5.60. The van der Waals surface area contributed by atoms with Crippen LogP contribution in [-0.2, 0) is 12.1 Å². The second-order valence-electron chi connectivity index (χ2n) is 3.70. The van der Waals surface area contributed by atoms with Gasteiger partial charge in [0.2, 0.25) is 0 Å². The molecule has 2 rings (SSSR count). The van der Waals surface area contributed by atoms with E-state index in [4.69, 9.17) is 11.6 Å². The summed E-state index contributed by atoms with van der Waals surface area (Å²) in [5.41, 5.74) is 0.796. The van der Waals surface area contributed by atoms with E-state index in [9.17, 15) is 13.2 Å². The Hall–Kier alpha value is -1.56. The molecule has 0 unspecified atom stereocenters. The van der Waals surface area contributed by atoms with E-state index in [1.807, 2.05) is 0 Å². The molecule has 0 spiro atoms. The van der Waals surface area contributed by atoms with Gasteiger partial charge < -0.3 is 0 Å². The third kappa shape index (κ3) is 2.33. The van der Waals surface area contributed by atoms with Gasteiger partial charge in [-0.15, -0.1) is 11.6 Å². The average Bonchev–Trinajstić information content (AvgIpc) is 2.69. The van der Waals surface area contributed by atoms with Gasteiger partial charge in [0.05, 0.1) is 17.6 Å². The fourth-order valence-electron chi connectivity index (χ4n) is 1.48. The number of pyridine rings is 1. The van der Waals surface area contributed by atoms with Gasteiger partial charge in [0, 0.05) is 17.5 Å². The van der Waals surface area contributed by atoms with Crippen LogP contribution >= 0.6 is 11.6 Å². The van der Waals surface area contributed by atoms with Gasteiger partial charge in [-0.05, 0) is 19.1 Å². The predicted molar refractivity (Wildman–Crippen MR) is 60.7 cm³/mol. The number of hydrogen-bond donors (Lipinski definition) is 0. The Morgan fingerprint density at radius 1 is 1.28 bits per heavy atom. The lowest BCUT2D eigenvalue weighted by molar-refractivity contribution is -0.137. The monoisotopic (exact) mass is 275 g/mol. The minimum absolute atomic E-state index is 0.298. The second kappa shape index (κ2) is 4.61. The van der Waals surface area contributed by atoms with E-state index >= 15 is 0 Å². The molecular weight excluding hydrogens is 267 g/mol. The van der Waals surface area contributed by atoms with Crippen LogP contribution in [0.5, 0.6) is 0 Å². The van der Waals surface area contributed by atoms with Crippen LogP contribution < -0.4 is 0 Å². The van der Waals surface area contributed by atoms with Crippen molar-refractivity contribution < 1.29 is 13.2 Å². The van der Waals surface area contributed by atoms with E-state index in [0.29, 0.717) is 11.7 Å². The highest BCUT2D eigenvalue weighted by Crippen LogP contribution is 2.28. The molecule has 0 saturated heterocycles. The van der Waals surface area contributed by atoms with Gasteiger partial charge in [-0.2, -0.15) is 18.3 Å². The molecule has 0 N–H and O–H groups in total. The third-order valence-corrected chi connectivity index (χ3v) is 2.84. The Balaban J connectivity index is 2.37. The van der Waals surface area contributed by atoms with Crippen LogP contribution in [0.3, 0.4) is 0 Å². The van der Waals surface area contributed by atoms with Crippen molar-refractivity contribution in [1.29, 1.82) is 0 Å². The zero-order valence-corrected chi connectivity index (χ0v) is 10.1. The van der Waals surface area contributed by atoms with E-state index in [1.54, 1.807) is 13.1 Å². The van der Waals surface area contributed by atoms with Gasteiger partial charge in [-0.1, -0.05) is 0 Å². The van der Waals surface area contributed by atoms with Gasteiger partial charge in [0.25, 0.3) is 0 Å². The number of alkyl halides is 4. The Morgan fingerprint density at radius 3 is 2.44 bits per heavy atom. The van der Waals surface area contributed by atoms with E-state index in [1.165, 1.54) is 10.7 Å². The van der Waals surface area contributed by atoms with Crippen LogP contribution in [0.1, 0.15) is 16.8 Å². The van der Waals surface area contributed by atoms with Crippen molar-refractivity contribution in [3.05, 3.63) is 41.3 Å². The molecule has 96 valence electrons. The largest absolute Gasteiger partial charge is 0.417 e. The molecule has 0 radical (unpaired) electrons. The van der Waals surface area contributed by atoms with Crippen molar-refractivity contribution in [2.24, 2.45) is 0 Å². The maximum absolute atomic E-state index is 12.4. The van der Waals surface area contributed by atoms with Crippen LogP contribution in [0.25, 0.3) is 5.82 Å². The lowest BCUT2D eigenvalue weighted by atomic mass is 10.2. The summed E-state index contributed by atoms with van der Waals surface area (Å²) in [6, 6.07) is 2.25. The zero-order valence-electron chi connectivity index (χ0n) is 9.37. The number of nitrogens with zero attached hydrogens (tertiary/aromatic N) is 3. The first-order chi connectivity index (χ1) is 8.43. The molecule has 3 nitrogen and oxygen atoms in total. The Bertz CT molecular complexity index is 546.